The molecule has 100 valence electrons. The summed E-state index contributed by atoms with van der Waals surface area (Å²) in [5, 5.41) is 0. The van der Waals surface area contributed by atoms with E-state index < -0.39 is 0 Å². The molecule has 1 aromatic rings. The van der Waals surface area contributed by atoms with Crippen molar-refractivity contribution in [2.24, 2.45) is 0 Å². The summed E-state index contributed by atoms with van der Waals surface area (Å²) in [7, 11) is 3.88. The molecule has 0 unspecified atom stereocenters. The van der Waals surface area contributed by atoms with Crippen LogP contribution in [0, 0.1) is 0 Å². The van der Waals surface area contributed by atoms with Crippen LogP contribution in [0.4, 0.5) is 0 Å². The Balaban J connectivity index is 1.97. The van der Waals surface area contributed by atoms with Gasteiger partial charge >= 0.3 is 0 Å². The largest absolute Gasteiger partial charge is 0.496 e. The molecule has 0 amide bonds. The summed E-state index contributed by atoms with van der Waals surface area (Å²) in [5.41, 5.74) is 1.30. The van der Waals surface area contributed by atoms with Crippen molar-refractivity contribution >= 4 is 15.9 Å². The Morgan fingerprint density at radius 2 is 2.11 bits per heavy atom. The van der Waals surface area contributed by atoms with Gasteiger partial charge in [0, 0.05) is 25.8 Å². The van der Waals surface area contributed by atoms with Crippen LogP contribution in [0.3, 0.4) is 0 Å². The van der Waals surface area contributed by atoms with Crippen molar-refractivity contribution in [2.75, 3.05) is 27.4 Å². The number of ether oxygens (including phenoxy) is 2. The minimum Gasteiger partial charge on any atom is -0.496 e. The van der Waals surface area contributed by atoms with Gasteiger partial charge in [-0.3, -0.25) is 4.90 Å². The van der Waals surface area contributed by atoms with Crippen molar-refractivity contribution in [3.05, 3.63) is 28.2 Å². The normalized spacial score (nSPS) is 17.1. The maximum atomic E-state index is 5.40. The number of benzene rings is 1. The molecule has 0 bridgehead atoms. The van der Waals surface area contributed by atoms with E-state index >= 15 is 0 Å². The van der Waals surface area contributed by atoms with Gasteiger partial charge in [0.25, 0.3) is 0 Å². The van der Waals surface area contributed by atoms with Crippen molar-refractivity contribution < 1.29 is 9.47 Å². The van der Waals surface area contributed by atoms with Crippen LogP contribution in [0.25, 0.3) is 0 Å². The van der Waals surface area contributed by atoms with E-state index in [0.29, 0.717) is 6.04 Å². The number of halogens is 1. The van der Waals surface area contributed by atoms with E-state index in [1.165, 1.54) is 5.56 Å². The number of hydrogen-bond acceptors (Lipinski definition) is 3. The second kappa shape index (κ2) is 6.55. The Labute approximate surface area is 117 Å². The Bertz CT molecular complexity index is 391. The quantitative estimate of drug-likeness (QED) is 0.852. The predicted molar refractivity (Wildman–Crippen MR) is 76.0 cm³/mol. The third-order valence-corrected chi connectivity index (χ3v) is 4.08. The van der Waals surface area contributed by atoms with Gasteiger partial charge in [0.15, 0.2) is 0 Å². The van der Waals surface area contributed by atoms with Gasteiger partial charge in [-0.25, -0.2) is 0 Å². The molecule has 0 saturated carbocycles. The molecule has 18 heavy (non-hydrogen) atoms. The highest BCUT2D eigenvalue weighted by molar-refractivity contribution is 9.10. The van der Waals surface area contributed by atoms with Crippen LogP contribution in [0.1, 0.15) is 18.4 Å². The molecule has 0 spiro atoms. The third kappa shape index (κ3) is 3.46. The molecule has 1 aliphatic rings. The average Bonchev–Trinajstić information content (AvgIpc) is 2.40. The monoisotopic (exact) mass is 313 g/mol. The molecule has 1 saturated heterocycles. The molecule has 0 aromatic heterocycles. The number of hydrogen-bond donors (Lipinski definition) is 0. The lowest BCUT2D eigenvalue weighted by molar-refractivity contribution is 0.0407. The zero-order valence-corrected chi connectivity index (χ0v) is 12.6. The highest BCUT2D eigenvalue weighted by Crippen LogP contribution is 2.26. The molecule has 1 heterocycles. The summed E-state index contributed by atoms with van der Waals surface area (Å²) in [6, 6.07) is 6.91. The van der Waals surface area contributed by atoms with Crippen molar-refractivity contribution in [3.63, 3.8) is 0 Å². The van der Waals surface area contributed by atoms with Gasteiger partial charge in [-0.2, -0.15) is 0 Å². The van der Waals surface area contributed by atoms with Crippen LogP contribution in [-0.2, 0) is 11.3 Å². The molecular formula is C14H20BrNO2. The molecule has 1 fully saturated rings. The molecule has 0 atom stereocenters. The first-order chi connectivity index (χ1) is 8.70. The van der Waals surface area contributed by atoms with E-state index in [0.717, 1.165) is 42.8 Å². The van der Waals surface area contributed by atoms with E-state index in [-0.39, 0.29) is 0 Å². The Kier molecular flexibility index (Phi) is 5.03. The standard InChI is InChI=1S/C14H20BrNO2/c1-16(12-5-7-18-8-6-12)10-11-3-4-14(17-2)13(15)9-11/h3-4,9,12H,5-8,10H2,1-2H3. The van der Waals surface area contributed by atoms with Crippen LogP contribution >= 0.6 is 15.9 Å². The van der Waals surface area contributed by atoms with Crippen LogP contribution < -0.4 is 4.74 Å². The minimum absolute atomic E-state index is 0.639. The van der Waals surface area contributed by atoms with Gasteiger partial charge in [-0.05, 0) is 53.5 Å². The molecular weight excluding hydrogens is 294 g/mol. The van der Waals surface area contributed by atoms with Crippen molar-refractivity contribution in [2.45, 2.75) is 25.4 Å². The average molecular weight is 314 g/mol. The van der Waals surface area contributed by atoms with Gasteiger partial charge < -0.3 is 9.47 Å². The summed E-state index contributed by atoms with van der Waals surface area (Å²) >= 11 is 3.53. The second-order valence-corrected chi connectivity index (χ2v) is 5.58. The lowest BCUT2D eigenvalue weighted by Gasteiger charge is -2.31. The summed E-state index contributed by atoms with van der Waals surface area (Å²) in [5.74, 6) is 0.882. The fourth-order valence-electron chi connectivity index (χ4n) is 2.35. The summed E-state index contributed by atoms with van der Waals surface area (Å²) in [6.07, 6.45) is 2.27. The third-order valence-electron chi connectivity index (χ3n) is 3.46. The van der Waals surface area contributed by atoms with Crippen LogP contribution in [0.5, 0.6) is 5.75 Å². The first kappa shape index (κ1) is 13.8. The Morgan fingerprint density at radius 3 is 2.72 bits per heavy atom. The van der Waals surface area contributed by atoms with E-state index in [1.54, 1.807) is 7.11 Å². The Morgan fingerprint density at radius 1 is 1.39 bits per heavy atom. The maximum absolute atomic E-state index is 5.40. The highest BCUT2D eigenvalue weighted by Gasteiger charge is 2.18. The molecule has 1 aromatic carbocycles. The molecule has 1 aliphatic heterocycles. The van der Waals surface area contributed by atoms with E-state index in [2.05, 4.69) is 40.0 Å². The molecule has 3 nitrogen and oxygen atoms in total. The topological polar surface area (TPSA) is 21.7 Å². The summed E-state index contributed by atoms with van der Waals surface area (Å²) in [6.45, 7) is 2.75. The Hall–Kier alpha value is -0.580. The molecule has 0 radical (unpaired) electrons. The molecule has 0 N–H and O–H groups in total. The number of methoxy groups -OCH3 is 1. The second-order valence-electron chi connectivity index (χ2n) is 4.73. The smallest absolute Gasteiger partial charge is 0.133 e. The fraction of sp³-hybridized carbons (Fsp3) is 0.571. The minimum atomic E-state index is 0.639. The van der Waals surface area contributed by atoms with Crippen LogP contribution in [0.2, 0.25) is 0 Å². The molecule has 0 aliphatic carbocycles. The number of rotatable bonds is 4. The van der Waals surface area contributed by atoms with Gasteiger partial charge in [-0.15, -0.1) is 0 Å². The van der Waals surface area contributed by atoms with Gasteiger partial charge in [0.1, 0.15) is 5.75 Å². The summed E-state index contributed by atoms with van der Waals surface area (Å²) in [4.78, 5) is 2.41. The lowest BCUT2D eigenvalue weighted by atomic mass is 10.1. The van der Waals surface area contributed by atoms with Crippen molar-refractivity contribution in [1.29, 1.82) is 0 Å². The van der Waals surface area contributed by atoms with Crippen LogP contribution in [0.15, 0.2) is 22.7 Å². The molecule has 4 heteroatoms. The predicted octanol–water partition coefficient (Wildman–Crippen LogP) is 3.07. The SMILES string of the molecule is COc1ccc(CN(C)C2CCOCC2)cc1Br. The highest BCUT2D eigenvalue weighted by atomic mass is 79.9. The maximum Gasteiger partial charge on any atom is 0.133 e. The lowest BCUT2D eigenvalue weighted by Crippen LogP contribution is -2.36. The van der Waals surface area contributed by atoms with Gasteiger partial charge in [0.2, 0.25) is 0 Å². The van der Waals surface area contributed by atoms with E-state index in [1.807, 2.05) is 6.07 Å². The summed E-state index contributed by atoms with van der Waals surface area (Å²) < 4.78 is 11.7. The van der Waals surface area contributed by atoms with Gasteiger partial charge in [-0.1, -0.05) is 6.07 Å². The van der Waals surface area contributed by atoms with Crippen LogP contribution in [-0.4, -0.2) is 38.3 Å². The zero-order chi connectivity index (χ0) is 13.0. The fourth-order valence-corrected chi connectivity index (χ4v) is 2.94. The molecule has 2 rings (SSSR count). The van der Waals surface area contributed by atoms with Crippen molar-refractivity contribution in [1.82, 2.24) is 4.90 Å². The zero-order valence-electron chi connectivity index (χ0n) is 11.0. The first-order valence-corrected chi connectivity index (χ1v) is 7.10. The first-order valence-electron chi connectivity index (χ1n) is 6.31. The number of nitrogens with zero attached hydrogens (tertiary/aromatic N) is 1. The van der Waals surface area contributed by atoms with E-state index in [9.17, 15) is 0 Å². The van der Waals surface area contributed by atoms with Crippen molar-refractivity contribution in [3.8, 4) is 5.75 Å². The van der Waals surface area contributed by atoms with E-state index in [4.69, 9.17) is 9.47 Å². The van der Waals surface area contributed by atoms with Gasteiger partial charge in [0.05, 0.1) is 11.6 Å².